The predicted octanol–water partition coefficient (Wildman–Crippen LogP) is 3.49. The Morgan fingerprint density at radius 1 is 1.19 bits per heavy atom. The number of hydrogen-bond donors (Lipinski definition) is 0. The number of piperazine rings is 1. The minimum absolute atomic E-state index is 0.768. The average molecular weight is 286 g/mol. The molecule has 2 nitrogen and oxygen atoms in total. The predicted molar refractivity (Wildman–Crippen MR) is 89.7 cm³/mol. The van der Waals surface area contributed by atoms with Gasteiger partial charge in [-0.25, -0.2) is 0 Å². The minimum Gasteiger partial charge on any atom is -0.298 e. The van der Waals surface area contributed by atoms with Gasteiger partial charge in [-0.15, -0.1) is 0 Å². The van der Waals surface area contributed by atoms with Gasteiger partial charge in [0.15, 0.2) is 0 Å². The highest BCUT2D eigenvalue weighted by atomic mass is 15.3. The molecule has 3 rings (SSSR count). The van der Waals surface area contributed by atoms with E-state index in [0.29, 0.717) is 0 Å². The quantitative estimate of drug-likeness (QED) is 0.836. The number of hydrogen-bond acceptors (Lipinski definition) is 2. The molecule has 2 fully saturated rings. The third kappa shape index (κ3) is 3.67. The van der Waals surface area contributed by atoms with Gasteiger partial charge in [0.2, 0.25) is 0 Å². The van der Waals surface area contributed by atoms with Crippen molar-refractivity contribution in [3.8, 4) is 0 Å². The zero-order valence-electron chi connectivity index (χ0n) is 13.7. The van der Waals surface area contributed by atoms with E-state index in [1.54, 1.807) is 0 Å². The van der Waals surface area contributed by atoms with Crippen LogP contribution in [0.1, 0.15) is 43.7 Å². The van der Waals surface area contributed by atoms with Gasteiger partial charge < -0.3 is 0 Å². The molecule has 116 valence electrons. The Labute approximate surface area is 130 Å². The number of aryl methyl sites for hydroxylation is 1. The normalized spacial score (nSPS) is 27.5. The summed E-state index contributed by atoms with van der Waals surface area (Å²) in [5, 5.41) is 0. The molecular formula is C19H30N2. The molecular weight excluding hydrogens is 256 g/mol. The van der Waals surface area contributed by atoms with E-state index < -0.39 is 0 Å². The van der Waals surface area contributed by atoms with E-state index in [1.807, 2.05) is 0 Å². The molecule has 2 aliphatic rings. The van der Waals surface area contributed by atoms with Crippen LogP contribution in [0.3, 0.4) is 0 Å². The van der Waals surface area contributed by atoms with Gasteiger partial charge in [-0.1, -0.05) is 43.2 Å². The minimum atomic E-state index is 0.768. The van der Waals surface area contributed by atoms with Gasteiger partial charge in [-0.2, -0.15) is 0 Å². The number of fused-ring (bicyclic) bond motifs is 1. The lowest BCUT2D eigenvalue weighted by molar-refractivity contribution is 0.00827. The number of piperidine rings is 1. The Balaban J connectivity index is 1.60. The standard InChI is InChI=1S/C19H30N2/c1-3-18-14-20-11-5-4-9-19(20)15-21(18)12-10-17-8-6-7-16(2)13-17/h6-8,13,18-19H,3-5,9-12,14-15H2,1-2H3. The summed E-state index contributed by atoms with van der Waals surface area (Å²) < 4.78 is 0. The summed E-state index contributed by atoms with van der Waals surface area (Å²) in [6, 6.07) is 10.6. The van der Waals surface area contributed by atoms with Crippen molar-refractivity contribution in [1.82, 2.24) is 9.80 Å². The molecule has 2 unspecified atom stereocenters. The van der Waals surface area contributed by atoms with Gasteiger partial charge in [0.25, 0.3) is 0 Å². The van der Waals surface area contributed by atoms with Crippen molar-refractivity contribution in [3.63, 3.8) is 0 Å². The molecule has 1 aromatic rings. The van der Waals surface area contributed by atoms with Crippen molar-refractivity contribution in [3.05, 3.63) is 35.4 Å². The van der Waals surface area contributed by atoms with Crippen molar-refractivity contribution in [2.45, 2.75) is 58.0 Å². The zero-order valence-corrected chi connectivity index (χ0v) is 13.7. The molecule has 0 radical (unpaired) electrons. The van der Waals surface area contributed by atoms with Gasteiger partial charge in [-0.05, 0) is 44.7 Å². The third-order valence-electron chi connectivity index (χ3n) is 5.40. The summed E-state index contributed by atoms with van der Waals surface area (Å²) in [4.78, 5) is 5.54. The summed E-state index contributed by atoms with van der Waals surface area (Å²) in [5.41, 5.74) is 2.88. The van der Waals surface area contributed by atoms with E-state index in [0.717, 1.165) is 12.1 Å². The monoisotopic (exact) mass is 286 g/mol. The summed E-state index contributed by atoms with van der Waals surface area (Å²) >= 11 is 0. The lowest BCUT2D eigenvalue weighted by Gasteiger charge is -2.48. The fourth-order valence-corrected chi connectivity index (χ4v) is 4.11. The van der Waals surface area contributed by atoms with Crippen LogP contribution in [-0.2, 0) is 6.42 Å². The van der Waals surface area contributed by atoms with E-state index >= 15 is 0 Å². The summed E-state index contributed by atoms with van der Waals surface area (Å²) in [6.45, 7) is 9.71. The molecule has 21 heavy (non-hydrogen) atoms. The molecule has 0 spiro atoms. The summed E-state index contributed by atoms with van der Waals surface area (Å²) in [5.74, 6) is 0. The lowest BCUT2D eigenvalue weighted by Crippen LogP contribution is -2.59. The first-order chi connectivity index (χ1) is 10.3. The second-order valence-electron chi connectivity index (χ2n) is 6.94. The number of rotatable bonds is 4. The molecule has 2 heterocycles. The van der Waals surface area contributed by atoms with Gasteiger partial charge in [0.1, 0.15) is 0 Å². The van der Waals surface area contributed by atoms with E-state index in [2.05, 4.69) is 47.9 Å². The summed E-state index contributed by atoms with van der Waals surface area (Å²) in [7, 11) is 0. The maximum absolute atomic E-state index is 2.77. The highest BCUT2D eigenvalue weighted by Gasteiger charge is 2.33. The van der Waals surface area contributed by atoms with Gasteiger partial charge >= 0.3 is 0 Å². The molecule has 0 N–H and O–H groups in total. The van der Waals surface area contributed by atoms with E-state index in [4.69, 9.17) is 0 Å². The molecule has 2 heteroatoms. The molecule has 2 saturated heterocycles. The maximum atomic E-state index is 2.77. The van der Waals surface area contributed by atoms with Crippen molar-refractivity contribution >= 4 is 0 Å². The smallest absolute Gasteiger partial charge is 0.0223 e. The van der Waals surface area contributed by atoms with Crippen LogP contribution in [0.4, 0.5) is 0 Å². The second kappa shape index (κ2) is 6.93. The molecule has 0 saturated carbocycles. The first-order valence-corrected chi connectivity index (χ1v) is 8.80. The molecule has 0 aliphatic carbocycles. The topological polar surface area (TPSA) is 6.48 Å². The Morgan fingerprint density at radius 3 is 2.90 bits per heavy atom. The first-order valence-electron chi connectivity index (χ1n) is 8.80. The number of benzene rings is 1. The SMILES string of the molecule is CCC1CN2CCCCC2CN1CCc1cccc(C)c1. The van der Waals surface area contributed by atoms with Crippen LogP contribution in [0.5, 0.6) is 0 Å². The van der Waals surface area contributed by atoms with Crippen molar-refractivity contribution < 1.29 is 0 Å². The summed E-state index contributed by atoms with van der Waals surface area (Å²) in [6.07, 6.45) is 6.75. The Morgan fingerprint density at radius 2 is 2.10 bits per heavy atom. The van der Waals surface area contributed by atoms with Crippen LogP contribution >= 0.6 is 0 Å². The highest BCUT2D eigenvalue weighted by Crippen LogP contribution is 2.25. The maximum Gasteiger partial charge on any atom is 0.0223 e. The molecule has 2 aliphatic heterocycles. The molecule has 1 aromatic carbocycles. The highest BCUT2D eigenvalue weighted by molar-refractivity contribution is 5.22. The zero-order chi connectivity index (χ0) is 14.7. The van der Waals surface area contributed by atoms with Crippen LogP contribution in [-0.4, -0.2) is 48.1 Å². The van der Waals surface area contributed by atoms with Crippen molar-refractivity contribution in [1.29, 1.82) is 0 Å². The Bertz CT molecular complexity index is 457. The van der Waals surface area contributed by atoms with Gasteiger partial charge in [0, 0.05) is 31.7 Å². The van der Waals surface area contributed by atoms with Crippen LogP contribution in [0.15, 0.2) is 24.3 Å². The van der Waals surface area contributed by atoms with Crippen molar-refractivity contribution in [2.75, 3.05) is 26.2 Å². The number of nitrogens with zero attached hydrogens (tertiary/aromatic N) is 2. The molecule has 0 aromatic heterocycles. The van der Waals surface area contributed by atoms with Crippen molar-refractivity contribution in [2.24, 2.45) is 0 Å². The van der Waals surface area contributed by atoms with Gasteiger partial charge in [-0.3, -0.25) is 9.80 Å². The third-order valence-corrected chi connectivity index (χ3v) is 5.40. The van der Waals surface area contributed by atoms with E-state index in [1.165, 1.54) is 69.4 Å². The molecule has 2 atom stereocenters. The van der Waals surface area contributed by atoms with E-state index in [-0.39, 0.29) is 0 Å². The fourth-order valence-electron chi connectivity index (χ4n) is 4.11. The Hall–Kier alpha value is -0.860. The average Bonchev–Trinajstić information content (AvgIpc) is 2.52. The van der Waals surface area contributed by atoms with Gasteiger partial charge in [0.05, 0.1) is 0 Å². The Kier molecular flexibility index (Phi) is 4.97. The van der Waals surface area contributed by atoms with Crippen LogP contribution < -0.4 is 0 Å². The molecule has 0 amide bonds. The van der Waals surface area contributed by atoms with E-state index in [9.17, 15) is 0 Å². The second-order valence-corrected chi connectivity index (χ2v) is 6.94. The first kappa shape index (κ1) is 15.1. The molecule has 0 bridgehead atoms. The largest absolute Gasteiger partial charge is 0.298 e. The fraction of sp³-hybridized carbons (Fsp3) is 0.684. The van der Waals surface area contributed by atoms with Crippen LogP contribution in [0.25, 0.3) is 0 Å². The van der Waals surface area contributed by atoms with Crippen LogP contribution in [0.2, 0.25) is 0 Å². The van der Waals surface area contributed by atoms with Crippen LogP contribution in [0, 0.1) is 6.92 Å². The lowest BCUT2D eigenvalue weighted by atomic mass is 9.95.